The van der Waals surface area contributed by atoms with Crippen LogP contribution in [0.1, 0.15) is 48.9 Å². The number of fused-ring (bicyclic) bond motifs is 2. The van der Waals surface area contributed by atoms with Crippen molar-refractivity contribution in [2.24, 2.45) is 0 Å². The van der Waals surface area contributed by atoms with E-state index in [0.717, 1.165) is 56.2 Å². The molecule has 1 saturated heterocycles. The van der Waals surface area contributed by atoms with E-state index in [1.165, 1.54) is 0 Å². The summed E-state index contributed by atoms with van der Waals surface area (Å²) in [5, 5.41) is 3.15. The molecule has 2 fully saturated rings. The van der Waals surface area contributed by atoms with E-state index in [4.69, 9.17) is 20.4 Å². The monoisotopic (exact) mass is 379 g/mol. The van der Waals surface area contributed by atoms with Gasteiger partial charge in [0.15, 0.2) is 5.65 Å². The van der Waals surface area contributed by atoms with Crippen molar-refractivity contribution in [3.8, 4) is 0 Å². The van der Waals surface area contributed by atoms with Gasteiger partial charge in [-0.15, -0.1) is 0 Å². The number of nitrogen functional groups attached to an aromatic ring is 1. The Morgan fingerprint density at radius 2 is 1.89 bits per heavy atom. The van der Waals surface area contributed by atoms with Crippen LogP contribution in [0, 0.1) is 0 Å². The number of nitrogens with two attached hydrogens (primary N) is 1. The molecule has 1 aromatic carbocycles. The van der Waals surface area contributed by atoms with Gasteiger partial charge in [0.05, 0.1) is 23.7 Å². The maximum absolute atomic E-state index is 13.1. The van der Waals surface area contributed by atoms with Crippen LogP contribution in [-0.2, 0) is 11.3 Å². The highest BCUT2D eigenvalue weighted by atomic mass is 16.5. The predicted molar refractivity (Wildman–Crippen MR) is 108 cm³/mol. The van der Waals surface area contributed by atoms with E-state index in [1.54, 1.807) is 0 Å². The Bertz CT molecular complexity index is 1030. The Morgan fingerprint density at radius 3 is 2.61 bits per heavy atom. The molecule has 5 rings (SSSR count). The first-order valence-corrected chi connectivity index (χ1v) is 10.2. The highest BCUT2D eigenvalue weighted by Crippen LogP contribution is 2.30. The van der Waals surface area contributed by atoms with Gasteiger partial charge in [0.25, 0.3) is 5.91 Å². The third kappa shape index (κ3) is 2.99. The second-order valence-electron chi connectivity index (χ2n) is 7.85. The molecule has 7 nitrogen and oxygen atoms in total. The average molecular weight is 379 g/mol. The van der Waals surface area contributed by atoms with Crippen LogP contribution in [0.15, 0.2) is 24.3 Å². The number of carbonyl (C=O) groups is 1. The second-order valence-corrected chi connectivity index (χ2v) is 7.85. The van der Waals surface area contributed by atoms with Gasteiger partial charge in [-0.3, -0.25) is 4.79 Å². The summed E-state index contributed by atoms with van der Waals surface area (Å²) in [5.41, 5.74) is 9.73. The normalized spacial score (nSPS) is 20.4. The van der Waals surface area contributed by atoms with E-state index < -0.39 is 0 Å². The van der Waals surface area contributed by atoms with Gasteiger partial charge in [-0.1, -0.05) is 25.0 Å². The molecule has 146 valence electrons. The molecular formula is C21H25N5O2. The number of nitrogens with one attached hydrogen (secondary N) is 1. The third-order valence-corrected chi connectivity index (χ3v) is 5.92. The molecule has 2 aromatic heterocycles. The molecule has 7 heteroatoms. The third-order valence-electron chi connectivity index (χ3n) is 5.92. The van der Waals surface area contributed by atoms with E-state index in [9.17, 15) is 4.79 Å². The number of carbonyl (C=O) groups excluding carboxylic acids is 1. The van der Waals surface area contributed by atoms with Crippen LogP contribution < -0.4 is 11.1 Å². The lowest BCUT2D eigenvalue weighted by Crippen LogP contribution is -2.33. The zero-order chi connectivity index (χ0) is 19.1. The summed E-state index contributed by atoms with van der Waals surface area (Å²) < 4.78 is 7.71. The highest BCUT2D eigenvalue weighted by Gasteiger charge is 2.28. The standard InChI is InChI=1S/C21H25N5O2/c22-19-17(21(27)23-13-6-1-2-7-13)18-20(26(19)12-14-8-5-11-28-14)25-16-10-4-3-9-15(16)24-18/h3-4,9-10,13-14H,1-2,5-8,11-12,22H2,(H,23,27)/t14-/m0/s1. The summed E-state index contributed by atoms with van der Waals surface area (Å²) in [5.74, 6) is 0.279. The molecule has 3 aromatic rings. The molecule has 0 unspecified atom stereocenters. The number of benzene rings is 1. The summed E-state index contributed by atoms with van der Waals surface area (Å²) in [4.78, 5) is 22.7. The predicted octanol–water partition coefficient (Wildman–Crippen LogP) is 3.02. The van der Waals surface area contributed by atoms with Crippen molar-refractivity contribution in [3.63, 3.8) is 0 Å². The van der Waals surface area contributed by atoms with Gasteiger partial charge in [-0.2, -0.15) is 0 Å². The molecular weight excluding hydrogens is 354 g/mol. The SMILES string of the molecule is Nc1c(C(=O)NC2CCCC2)c2nc3ccccc3nc2n1C[C@@H]1CCCO1. The quantitative estimate of drug-likeness (QED) is 0.726. The molecule has 0 spiro atoms. The molecule has 28 heavy (non-hydrogen) atoms. The van der Waals surface area contributed by atoms with Gasteiger partial charge < -0.3 is 20.4 Å². The van der Waals surface area contributed by atoms with E-state index in [1.807, 2.05) is 28.8 Å². The number of rotatable bonds is 4. The number of nitrogens with zero attached hydrogens (tertiary/aromatic N) is 3. The highest BCUT2D eigenvalue weighted by molar-refractivity contribution is 6.10. The molecule has 3 heterocycles. The first-order valence-electron chi connectivity index (χ1n) is 10.2. The number of hydrogen-bond donors (Lipinski definition) is 2. The van der Waals surface area contributed by atoms with Gasteiger partial charge in [0, 0.05) is 12.6 Å². The van der Waals surface area contributed by atoms with Gasteiger partial charge in [0.2, 0.25) is 0 Å². The molecule has 1 amide bonds. The summed E-state index contributed by atoms with van der Waals surface area (Å²) >= 11 is 0. The average Bonchev–Trinajstić information content (AvgIpc) is 3.43. The van der Waals surface area contributed by atoms with Gasteiger partial charge >= 0.3 is 0 Å². The maximum atomic E-state index is 13.1. The molecule has 0 radical (unpaired) electrons. The Kier molecular flexibility index (Phi) is 4.39. The van der Waals surface area contributed by atoms with Crippen molar-refractivity contribution >= 4 is 33.9 Å². The van der Waals surface area contributed by atoms with Crippen LogP contribution in [-0.4, -0.2) is 39.2 Å². The summed E-state index contributed by atoms with van der Waals surface area (Å²) in [6.45, 7) is 1.36. The van der Waals surface area contributed by atoms with Gasteiger partial charge in [-0.25, -0.2) is 9.97 Å². The molecule has 1 atom stereocenters. The largest absolute Gasteiger partial charge is 0.384 e. The minimum atomic E-state index is -0.148. The first-order chi connectivity index (χ1) is 13.7. The van der Waals surface area contributed by atoms with Crippen molar-refractivity contribution in [2.45, 2.75) is 57.2 Å². The maximum Gasteiger partial charge on any atom is 0.257 e. The minimum Gasteiger partial charge on any atom is -0.384 e. The number of para-hydroxylation sites is 2. The molecule has 3 N–H and O–H groups in total. The zero-order valence-electron chi connectivity index (χ0n) is 15.9. The Morgan fingerprint density at radius 1 is 1.14 bits per heavy atom. The molecule has 1 aliphatic carbocycles. The van der Waals surface area contributed by atoms with Crippen LogP contribution in [0.3, 0.4) is 0 Å². The van der Waals surface area contributed by atoms with Crippen molar-refractivity contribution in [1.82, 2.24) is 19.9 Å². The number of anilines is 1. The van der Waals surface area contributed by atoms with E-state index in [0.29, 0.717) is 29.1 Å². The van der Waals surface area contributed by atoms with Crippen molar-refractivity contribution in [2.75, 3.05) is 12.3 Å². The van der Waals surface area contributed by atoms with Crippen molar-refractivity contribution in [3.05, 3.63) is 29.8 Å². The van der Waals surface area contributed by atoms with Crippen LogP contribution in [0.25, 0.3) is 22.2 Å². The number of hydrogen-bond acceptors (Lipinski definition) is 5. The molecule has 1 saturated carbocycles. The molecule has 2 aliphatic rings. The van der Waals surface area contributed by atoms with Gasteiger partial charge in [0.1, 0.15) is 16.9 Å². The van der Waals surface area contributed by atoms with E-state index in [-0.39, 0.29) is 18.1 Å². The van der Waals surface area contributed by atoms with Gasteiger partial charge in [-0.05, 0) is 37.8 Å². The molecule has 1 aliphatic heterocycles. The topological polar surface area (TPSA) is 95.1 Å². The van der Waals surface area contributed by atoms with Crippen LogP contribution >= 0.6 is 0 Å². The van der Waals surface area contributed by atoms with Crippen LogP contribution in [0.4, 0.5) is 5.82 Å². The Balaban J connectivity index is 1.63. The van der Waals surface area contributed by atoms with E-state index >= 15 is 0 Å². The number of ether oxygens (including phenoxy) is 1. The Labute approximate surface area is 163 Å². The number of aromatic nitrogens is 3. The fraction of sp³-hybridized carbons (Fsp3) is 0.476. The lowest BCUT2D eigenvalue weighted by molar-refractivity contribution is 0.0935. The fourth-order valence-corrected chi connectivity index (χ4v) is 4.45. The molecule has 0 bridgehead atoms. The van der Waals surface area contributed by atoms with E-state index in [2.05, 4.69) is 5.32 Å². The fourth-order valence-electron chi connectivity index (χ4n) is 4.45. The minimum absolute atomic E-state index is 0.0944. The van der Waals surface area contributed by atoms with Crippen LogP contribution in [0.2, 0.25) is 0 Å². The summed E-state index contributed by atoms with van der Waals surface area (Å²) in [6, 6.07) is 7.92. The second kappa shape index (κ2) is 7.05. The number of amides is 1. The lowest BCUT2D eigenvalue weighted by Gasteiger charge is -2.14. The Hall–Kier alpha value is -2.67. The van der Waals surface area contributed by atoms with Crippen molar-refractivity contribution < 1.29 is 9.53 Å². The first kappa shape index (κ1) is 17.4. The summed E-state index contributed by atoms with van der Waals surface area (Å²) in [6.07, 6.45) is 6.50. The smallest absolute Gasteiger partial charge is 0.257 e. The summed E-state index contributed by atoms with van der Waals surface area (Å²) in [7, 11) is 0. The zero-order valence-corrected chi connectivity index (χ0v) is 15.9. The van der Waals surface area contributed by atoms with Crippen LogP contribution in [0.5, 0.6) is 0 Å². The lowest BCUT2D eigenvalue weighted by atomic mass is 10.2. The van der Waals surface area contributed by atoms with Crippen molar-refractivity contribution in [1.29, 1.82) is 0 Å².